The fraction of sp³-hybridized carbons (Fsp3) is 0.462. The van der Waals surface area contributed by atoms with Crippen molar-refractivity contribution < 1.29 is 0 Å². The highest BCUT2D eigenvalue weighted by Gasteiger charge is 2.22. The van der Waals surface area contributed by atoms with Crippen LogP contribution < -0.4 is 0 Å². The van der Waals surface area contributed by atoms with Crippen molar-refractivity contribution >= 4 is 26.8 Å². The third-order valence-corrected chi connectivity index (χ3v) is 4.08. The summed E-state index contributed by atoms with van der Waals surface area (Å²) in [5, 5.41) is 5.92. The number of halogens is 1. The Bertz CT molecular complexity index is 524. The van der Waals surface area contributed by atoms with Crippen molar-refractivity contribution in [2.75, 3.05) is 0 Å². The van der Waals surface area contributed by atoms with Crippen molar-refractivity contribution in [2.45, 2.75) is 31.6 Å². The van der Waals surface area contributed by atoms with Crippen molar-refractivity contribution in [1.29, 1.82) is 0 Å². The first-order chi connectivity index (χ1) is 7.75. The van der Waals surface area contributed by atoms with Gasteiger partial charge in [-0.2, -0.15) is 5.10 Å². The van der Waals surface area contributed by atoms with Crippen LogP contribution in [-0.2, 0) is 7.05 Å². The van der Waals surface area contributed by atoms with E-state index in [0.29, 0.717) is 5.92 Å². The number of nitrogens with zero attached hydrogens (tertiary/aromatic N) is 2. The van der Waals surface area contributed by atoms with E-state index in [1.165, 1.54) is 36.8 Å². The minimum Gasteiger partial charge on any atom is -0.271 e. The first kappa shape index (κ1) is 10.3. The summed E-state index contributed by atoms with van der Waals surface area (Å²) in [6.45, 7) is 0. The topological polar surface area (TPSA) is 17.8 Å². The predicted molar refractivity (Wildman–Crippen MR) is 69.6 cm³/mol. The van der Waals surface area contributed by atoms with Crippen molar-refractivity contribution in [2.24, 2.45) is 7.05 Å². The second kappa shape index (κ2) is 3.88. The van der Waals surface area contributed by atoms with Gasteiger partial charge in [-0.25, -0.2) is 0 Å². The Morgan fingerprint density at radius 1 is 1.31 bits per heavy atom. The second-order valence-electron chi connectivity index (χ2n) is 4.65. The number of hydrogen-bond donors (Lipinski definition) is 0. The molecule has 84 valence electrons. The summed E-state index contributed by atoms with van der Waals surface area (Å²) in [4.78, 5) is 0. The maximum atomic E-state index is 4.59. The van der Waals surface area contributed by atoms with Crippen molar-refractivity contribution in [3.63, 3.8) is 0 Å². The summed E-state index contributed by atoms with van der Waals surface area (Å²) < 4.78 is 3.22. The van der Waals surface area contributed by atoms with Crippen LogP contribution >= 0.6 is 15.9 Å². The molecular weight excluding hydrogens is 264 g/mol. The zero-order valence-corrected chi connectivity index (χ0v) is 11.0. The van der Waals surface area contributed by atoms with Gasteiger partial charge in [0.2, 0.25) is 0 Å². The molecule has 2 aromatic rings. The van der Waals surface area contributed by atoms with Gasteiger partial charge in [0.05, 0.1) is 5.52 Å². The molecule has 1 heterocycles. The smallest absolute Gasteiger partial charge is 0.0927 e. The van der Waals surface area contributed by atoms with Crippen LogP contribution in [0.5, 0.6) is 0 Å². The summed E-state index contributed by atoms with van der Waals surface area (Å²) in [5.74, 6) is 0.712. The van der Waals surface area contributed by atoms with E-state index >= 15 is 0 Å². The van der Waals surface area contributed by atoms with Crippen LogP contribution in [0.15, 0.2) is 22.7 Å². The van der Waals surface area contributed by atoms with Gasteiger partial charge >= 0.3 is 0 Å². The average Bonchev–Trinajstić information content (AvgIpc) is 2.83. The molecule has 3 heteroatoms. The van der Waals surface area contributed by atoms with Crippen LogP contribution in [0.25, 0.3) is 10.9 Å². The molecule has 0 spiro atoms. The number of hydrogen-bond acceptors (Lipinski definition) is 1. The largest absolute Gasteiger partial charge is 0.271 e. The maximum absolute atomic E-state index is 4.59. The summed E-state index contributed by atoms with van der Waals surface area (Å²) in [6, 6.07) is 6.36. The highest BCUT2D eigenvalue weighted by Crippen LogP contribution is 2.37. The van der Waals surface area contributed by atoms with E-state index in [4.69, 9.17) is 0 Å². The Morgan fingerprint density at radius 2 is 2.06 bits per heavy atom. The molecule has 3 rings (SSSR count). The SMILES string of the molecule is Cn1nc2ccc(Br)cc2c1C1CCCC1. The molecular formula is C13H15BrN2. The number of rotatable bonds is 1. The first-order valence-electron chi connectivity index (χ1n) is 5.88. The summed E-state index contributed by atoms with van der Waals surface area (Å²) in [5.41, 5.74) is 2.54. The molecule has 1 aromatic carbocycles. The van der Waals surface area contributed by atoms with E-state index in [9.17, 15) is 0 Å². The van der Waals surface area contributed by atoms with Gasteiger partial charge in [0.25, 0.3) is 0 Å². The molecule has 16 heavy (non-hydrogen) atoms. The van der Waals surface area contributed by atoms with E-state index in [1.54, 1.807) is 0 Å². The zero-order chi connectivity index (χ0) is 11.1. The van der Waals surface area contributed by atoms with Gasteiger partial charge in [0.15, 0.2) is 0 Å². The fourth-order valence-electron chi connectivity index (χ4n) is 2.87. The van der Waals surface area contributed by atoms with Crippen LogP contribution in [0.3, 0.4) is 0 Å². The molecule has 1 aliphatic rings. The fourth-order valence-corrected chi connectivity index (χ4v) is 3.23. The molecule has 0 aliphatic heterocycles. The van der Waals surface area contributed by atoms with E-state index in [-0.39, 0.29) is 0 Å². The number of aromatic nitrogens is 2. The lowest BCUT2D eigenvalue weighted by molar-refractivity contribution is 0.623. The van der Waals surface area contributed by atoms with Crippen LogP contribution in [0, 0.1) is 0 Å². The second-order valence-corrected chi connectivity index (χ2v) is 5.57. The minimum atomic E-state index is 0.712. The van der Waals surface area contributed by atoms with E-state index in [0.717, 1.165) is 9.99 Å². The van der Waals surface area contributed by atoms with Gasteiger partial charge in [0.1, 0.15) is 0 Å². The number of aryl methyl sites for hydroxylation is 1. The van der Waals surface area contributed by atoms with Crippen LogP contribution in [0.2, 0.25) is 0 Å². The molecule has 1 fully saturated rings. The lowest BCUT2D eigenvalue weighted by atomic mass is 10.0. The van der Waals surface area contributed by atoms with E-state index < -0.39 is 0 Å². The van der Waals surface area contributed by atoms with Gasteiger partial charge in [0, 0.05) is 28.5 Å². The Labute approximate surface area is 104 Å². The molecule has 0 unspecified atom stereocenters. The van der Waals surface area contributed by atoms with Crippen LogP contribution in [0.4, 0.5) is 0 Å². The van der Waals surface area contributed by atoms with E-state index in [1.807, 2.05) is 0 Å². The molecule has 2 nitrogen and oxygen atoms in total. The highest BCUT2D eigenvalue weighted by atomic mass is 79.9. The van der Waals surface area contributed by atoms with Gasteiger partial charge in [-0.1, -0.05) is 28.8 Å². The number of fused-ring (bicyclic) bond motifs is 1. The normalized spacial score (nSPS) is 17.4. The molecule has 0 radical (unpaired) electrons. The molecule has 0 N–H and O–H groups in total. The Kier molecular flexibility index (Phi) is 2.51. The maximum Gasteiger partial charge on any atom is 0.0927 e. The standard InChI is InChI=1S/C13H15BrN2/c1-16-13(9-4-2-3-5-9)11-8-10(14)6-7-12(11)15-16/h6-9H,2-5H2,1H3. The van der Waals surface area contributed by atoms with Gasteiger partial charge in [-0.3, -0.25) is 4.68 Å². The Balaban J connectivity index is 2.20. The summed E-state index contributed by atoms with van der Waals surface area (Å²) in [6.07, 6.45) is 5.37. The monoisotopic (exact) mass is 278 g/mol. The molecule has 0 atom stereocenters. The van der Waals surface area contributed by atoms with Crippen molar-refractivity contribution in [3.05, 3.63) is 28.4 Å². The molecule has 1 aromatic heterocycles. The molecule has 0 amide bonds. The summed E-state index contributed by atoms with van der Waals surface area (Å²) >= 11 is 3.55. The third kappa shape index (κ3) is 1.58. The zero-order valence-electron chi connectivity index (χ0n) is 9.41. The van der Waals surface area contributed by atoms with Crippen molar-refractivity contribution in [3.8, 4) is 0 Å². The Hall–Kier alpha value is -0.830. The van der Waals surface area contributed by atoms with Gasteiger partial charge in [-0.15, -0.1) is 0 Å². The quantitative estimate of drug-likeness (QED) is 0.771. The lowest BCUT2D eigenvalue weighted by Gasteiger charge is -2.10. The number of benzene rings is 1. The van der Waals surface area contributed by atoms with Gasteiger partial charge < -0.3 is 0 Å². The average molecular weight is 279 g/mol. The summed E-state index contributed by atoms with van der Waals surface area (Å²) in [7, 11) is 2.07. The molecule has 1 saturated carbocycles. The predicted octanol–water partition coefficient (Wildman–Crippen LogP) is 3.99. The van der Waals surface area contributed by atoms with Crippen LogP contribution in [-0.4, -0.2) is 9.78 Å². The van der Waals surface area contributed by atoms with Crippen molar-refractivity contribution in [1.82, 2.24) is 9.78 Å². The lowest BCUT2D eigenvalue weighted by Crippen LogP contribution is -2.02. The third-order valence-electron chi connectivity index (χ3n) is 3.58. The molecule has 0 bridgehead atoms. The van der Waals surface area contributed by atoms with Gasteiger partial charge in [-0.05, 0) is 31.0 Å². The van der Waals surface area contributed by atoms with Crippen LogP contribution in [0.1, 0.15) is 37.3 Å². The first-order valence-corrected chi connectivity index (χ1v) is 6.67. The van der Waals surface area contributed by atoms with E-state index in [2.05, 4.69) is 51.0 Å². The highest BCUT2D eigenvalue weighted by molar-refractivity contribution is 9.10. The molecule has 0 saturated heterocycles. The minimum absolute atomic E-state index is 0.712. The Morgan fingerprint density at radius 3 is 2.81 bits per heavy atom. The molecule has 1 aliphatic carbocycles.